The molecule has 1 aromatic carbocycles. The lowest BCUT2D eigenvalue weighted by Crippen LogP contribution is -2.18. The highest BCUT2D eigenvalue weighted by molar-refractivity contribution is 5.85. The summed E-state index contributed by atoms with van der Waals surface area (Å²) in [7, 11) is 2.96. The van der Waals surface area contributed by atoms with Crippen LogP contribution in [0, 0.1) is 11.3 Å². The minimum atomic E-state index is -4.46. The van der Waals surface area contributed by atoms with Crippen LogP contribution >= 0.6 is 0 Å². The van der Waals surface area contributed by atoms with Crippen molar-refractivity contribution in [2.45, 2.75) is 31.0 Å². The molecular formula is C25H19F3N8O2. The minimum Gasteiger partial charge on any atom is -0.480 e. The number of alkyl halides is 3. The van der Waals surface area contributed by atoms with Crippen LogP contribution in [-0.4, -0.2) is 54.7 Å². The molecule has 10 nitrogen and oxygen atoms in total. The van der Waals surface area contributed by atoms with Crippen LogP contribution in [-0.2, 0) is 6.54 Å². The first-order valence-electron chi connectivity index (χ1n) is 11.6. The molecule has 0 amide bonds. The van der Waals surface area contributed by atoms with Crippen LogP contribution in [0.5, 0.6) is 11.9 Å². The molecule has 4 heterocycles. The fourth-order valence-corrected chi connectivity index (χ4v) is 4.83. The maximum Gasteiger partial charge on any atom is 0.408 e. The van der Waals surface area contributed by atoms with E-state index in [0.29, 0.717) is 28.2 Å². The molecule has 2 atom stereocenters. The topological polar surface area (TPSA) is 116 Å². The van der Waals surface area contributed by atoms with Gasteiger partial charge in [-0.2, -0.15) is 33.6 Å². The van der Waals surface area contributed by atoms with E-state index in [1.165, 1.54) is 14.2 Å². The second kappa shape index (κ2) is 8.69. The lowest BCUT2D eigenvalue weighted by Gasteiger charge is -2.11. The highest BCUT2D eigenvalue weighted by Gasteiger charge is 2.42. The third-order valence-electron chi connectivity index (χ3n) is 6.60. The Bertz CT molecular complexity index is 1740. The van der Waals surface area contributed by atoms with Crippen molar-refractivity contribution in [2.24, 2.45) is 0 Å². The standard InChI is InChI=1S/C25H19F3N8O2/c1-37-23-18(11-31-24(32-23)38-2)19-9-17(22-30-5-6-35(22)33-19)16-8-15(16)13-3-4-14-20(10-29)34-36(21(14)7-13)12-25(26,27)28/h3-7,9,11,15-16H,8,12H2,1-2H3/t15-,16+/m1/s1. The van der Waals surface area contributed by atoms with E-state index >= 15 is 0 Å². The number of hydrogen-bond acceptors (Lipinski definition) is 8. The average molecular weight is 520 g/mol. The highest BCUT2D eigenvalue weighted by Crippen LogP contribution is 2.56. The number of fused-ring (bicyclic) bond motifs is 2. The number of halogens is 3. The molecule has 0 radical (unpaired) electrons. The van der Waals surface area contributed by atoms with Gasteiger partial charge in [-0.05, 0) is 42.0 Å². The zero-order chi connectivity index (χ0) is 26.6. The molecule has 1 aliphatic carbocycles. The second-order valence-electron chi connectivity index (χ2n) is 8.92. The molecule has 13 heteroatoms. The largest absolute Gasteiger partial charge is 0.480 e. The summed E-state index contributed by atoms with van der Waals surface area (Å²) in [6.45, 7) is -1.27. The summed E-state index contributed by atoms with van der Waals surface area (Å²) in [6.07, 6.45) is 1.27. The zero-order valence-electron chi connectivity index (χ0n) is 20.1. The van der Waals surface area contributed by atoms with Crippen LogP contribution in [0.4, 0.5) is 13.2 Å². The van der Waals surface area contributed by atoms with Gasteiger partial charge in [-0.25, -0.2) is 14.5 Å². The molecule has 4 aromatic heterocycles. The van der Waals surface area contributed by atoms with Gasteiger partial charge in [0.1, 0.15) is 12.6 Å². The summed E-state index contributed by atoms with van der Waals surface area (Å²) < 4.78 is 52.5. The lowest BCUT2D eigenvalue weighted by molar-refractivity contribution is -0.141. The Balaban J connectivity index is 1.39. The summed E-state index contributed by atoms with van der Waals surface area (Å²) in [5.74, 6) is 0.404. The number of benzene rings is 1. The van der Waals surface area contributed by atoms with E-state index in [0.717, 1.165) is 22.2 Å². The Kier molecular flexibility index (Phi) is 5.41. The first-order chi connectivity index (χ1) is 18.3. The molecule has 1 saturated carbocycles. The Hall–Kier alpha value is -4.73. The number of aromatic nitrogens is 7. The molecule has 0 N–H and O–H groups in total. The molecule has 0 spiro atoms. The van der Waals surface area contributed by atoms with E-state index in [2.05, 4.69) is 25.1 Å². The minimum absolute atomic E-state index is 0.0309. The third kappa shape index (κ3) is 4.03. The van der Waals surface area contributed by atoms with Crippen LogP contribution in [0.25, 0.3) is 27.8 Å². The van der Waals surface area contributed by atoms with Gasteiger partial charge in [-0.3, -0.25) is 4.68 Å². The first-order valence-corrected chi connectivity index (χ1v) is 11.6. The van der Waals surface area contributed by atoms with Gasteiger partial charge < -0.3 is 9.47 Å². The molecule has 6 rings (SSSR count). The normalized spacial score (nSPS) is 17.1. The van der Waals surface area contributed by atoms with E-state index in [4.69, 9.17) is 9.47 Å². The number of methoxy groups -OCH3 is 2. The molecule has 38 heavy (non-hydrogen) atoms. The predicted octanol–water partition coefficient (Wildman–Crippen LogP) is 4.26. The van der Waals surface area contributed by atoms with E-state index in [-0.39, 0.29) is 29.1 Å². The van der Waals surface area contributed by atoms with Gasteiger partial charge in [-0.1, -0.05) is 6.07 Å². The fourth-order valence-electron chi connectivity index (χ4n) is 4.83. The van der Waals surface area contributed by atoms with E-state index in [1.807, 2.05) is 18.2 Å². The lowest BCUT2D eigenvalue weighted by atomic mass is 10.0. The van der Waals surface area contributed by atoms with E-state index in [9.17, 15) is 18.4 Å². The molecule has 1 aliphatic rings. The van der Waals surface area contributed by atoms with Crippen molar-refractivity contribution in [3.63, 3.8) is 0 Å². The van der Waals surface area contributed by atoms with Crippen molar-refractivity contribution in [1.82, 2.24) is 34.3 Å². The summed E-state index contributed by atoms with van der Waals surface area (Å²) in [4.78, 5) is 12.9. The van der Waals surface area contributed by atoms with Crippen molar-refractivity contribution < 1.29 is 22.6 Å². The summed E-state index contributed by atoms with van der Waals surface area (Å²) in [5.41, 5.74) is 3.88. The molecular weight excluding hydrogens is 501 g/mol. The smallest absolute Gasteiger partial charge is 0.408 e. The van der Waals surface area contributed by atoms with Crippen LogP contribution in [0.15, 0.2) is 42.9 Å². The summed E-state index contributed by atoms with van der Waals surface area (Å²) in [6, 6.07) is 9.18. The quantitative estimate of drug-likeness (QED) is 0.326. The Morgan fingerprint density at radius 1 is 1.11 bits per heavy atom. The highest BCUT2D eigenvalue weighted by atomic mass is 19.4. The van der Waals surface area contributed by atoms with Gasteiger partial charge in [-0.15, -0.1) is 0 Å². The number of nitrogens with zero attached hydrogens (tertiary/aromatic N) is 8. The van der Waals surface area contributed by atoms with Crippen LogP contribution < -0.4 is 9.47 Å². The van der Waals surface area contributed by atoms with Crippen molar-refractivity contribution in [2.75, 3.05) is 14.2 Å². The van der Waals surface area contributed by atoms with Gasteiger partial charge in [0.15, 0.2) is 11.3 Å². The van der Waals surface area contributed by atoms with Gasteiger partial charge in [0.25, 0.3) is 0 Å². The van der Waals surface area contributed by atoms with Crippen molar-refractivity contribution in [3.8, 4) is 29.2 Å². The summed E-state index contributed by atoms with van der Waals surface area (Å²) >= 11 is 0. The number of nitriles is 1. The molecule has 0 aliphatic heterocycles. The molecule has 0 bridgehead atoms. The van der Waals surface area contributed by atoms with Crippen LogP contribution in [0.2, 0.25) is 0 Å². The fraction of sp³-hybridized carbons (Fsp3) is 0.280. The monoisotopic (exact) mass is 520 g/mol. The average Bonchev–Trinajstić information content (AvgIpc) is 3.43. The molecule has 192 valence electrons. The SMILES string of the molecule is COc1ncc(-c2cc([C@H]3C[C@@H]3c3ccc4c(C#N)nn(CC(F)(F)F)c4c3)c3nccn3n2)c(OC)n1. The second-order valence-corrected chi connectivity index (χ2v) is 8.92. The van der Waals surface area contributed by atoms with Gasteiger partial charge in [0, 0.05) is 29.5 Å². The maximum atomic E-state index is 13.1. The Labute approximate surface area is 213 Å². The van der Waals surface area contributed by atoms with Crippen molar-refractivity contribution in [3.05, 3.63) is 59.7 Å². The molecule has 0 saturated heterocycles. The zero-order valence-corrected chi connectivity index (χ0v) is 20.1. The molecule has 1 fully saturated rings. The molecule has 0 unspecified atom stereocenters. The van der Waals surface area contributed by atoms with Crippen LogP contribution in [0.3, 0.4) is 0 Å². The van der Waals surface area contributed by atoms with Crippen molar-refractivity contribution in [1.29, 1.82) is 5.26 Å². The predicted molar refractivity (Wildman–Crippen MR) is 128 cm³/mol. The first kappa shape index (κ1) is 23.7. The maximum absolute atomic E-state index is 13.1. The Morgan fingerprint density at radius 3 is 2.68 bits per heavy atom. The third-order valence-corrected chi connectivity index (χ3v) is 6.60. The van der Waals surface area contributed by atoms with E-state index < -0.39 is 12.7 Å². The number of hydrogen-bond donors (Lipinski definition) is 0. The van der Waals surface area contributed by atoms with E-state index in [1.54, 1.807) is 35.2 Å². The van der Waals surface area contributed by atoms with Crippen molar-refractivity contribution >= 4 is 16.6 Å². The van der Waals surface area contributed by atoms with Gasteiger partial charge >= 0.3 is 12.2 Å². The Morgan fingerprint density at radius 2 is 1.95 bits per heavy atom. The number of imidazole rings is 1. The van der Waals surface area contributed by atoms with Crippen LogP contribution in [0.1, 0.15) is 35.1 Å². The molecule has 5 aromatic rings. The van der Waals surface area contributed by atoms with Gasteiger partial charge in [0.2, 0.25) is 5.88 Å². The summed E-state index contributed by atoms with van der Waals surface area (Å²) in [5, 5.41) is 18.3. The number of rotatable bonds is 6. The number of ether oxygens (including phenoxy) is 2. The van der Waals surface area contributed by atoms with Gasteiger partial charge in [0.05, 0.1) is 31.0 Å².